The van der Waals surface area contributed by atoms with Crippen LogP contribution < -0.4 is 0 Å². The van der Waals surface area contributed by atoms with Crippen LogP contribution in [0.15, 0.2) is 25.3 Å². The third-order valence-electron chi connectivity index (χ3n) is 1.16. The number of hydrogen-bond donors (Lipinski definition) is 4. The largest absolute Gasteiger partial charge is 0.692 e. The molecule has 0 rings (SSSR count). The van der Waals surface area contributed by atoms with Crippen molar-refractivity contribution in [3.05, 3.63) is 25.3 Å². The summed E-state index contributed by atoms with van der Waals surface area (Å²) in [5, 5.41) is 0. The normalized spacial score (nSPS) is 10.3. The molecule has 0 saturated heterocycles. The fourth-order valence-electron chi connectivity index (χ4n) is 0.816. The Bertz CT molecular complexity index is 262. The van der Waals surface area contributed by atoms with Crippen molar-refractivity contribution < 1.29 is 28.7 Å². The van der Waals surface area contributed by atoms with Crippen molar-refractivity contribution in [2.75, 3.05) is 19.4 Å². The van der Waals surface area contributed by atoms with Crippen LogP contribution in [-0.4, -0.2) is 43.8 Å². The average Bonchev–Trinajstić information content (AvgIpc) is 2.00. The minimum Gasteiger partial charge on any atom is -0.324 e. The highest BCUT2D eigenvalue weighted by atomic mass is 31.2. The lowest BCUT2D eigenvalue weighted by Gasteiger charge is -2.18. The van der Waals surface area contributed by atoms with Gasteiger partial charge in [0.25, 0.3) is 0 Å². The van der Waals surface area contributed by atoms with E-state index in [1.165, 1.54) is 0 Å². The molecule has 0 aliphatic carbocycles. The van der Waals surface area contributed by atoms with Crippen molar-refractivity contribution in [1.82, 2.24) is 4.90 Å². The molecule has 7 nitrogen and oxygen atoms in total. The topological polar surface area (TPSA) is 118 Å². The first-order chi connectivity index (χ1) is 7.22. The van der Waals surface area contributed by atoms with E-state index in [1.54, 1.807) is 17.1 Å². The van der Waals surface area contributed by atoms with Gasteiger partial charge in [0.15, 0.2) is 0 Å². The minimum absolute atomic E-state index is 0.245. The van der Waals surface area contributed by atoms with E-state index in [-0.39, 0.29) is 6.29 Å². The molecule has 94 valence electrons. The standard InChI is InChI=1S/C7H14NO3P.HO3P/c1-3-5-8(6-4-2)7-12(9,10)11;1-4(2)3/h3-4H,1-2,5-7H2,(H2,9,10,11);(H-,1,2,3)/p+1. The van der Waals surface area contributed by atoms with E-state index in [1.807, 2.05) is 0 Å². The highest BCUT2D eigenvalue weighted by Crippen LogP contribution is 2.34. The maximum atomic E-state index is 10.6. The van der Waals surface area contributed by atoms with Crippen LogP contribution in [0.4, 0.5) is 0 Å². The Labute approximate surface area is 94.8 Å². The lowest BCUT2D eigenvalue weighted by Crippen LogP contribution is -2.24. The molecule has 0 atom stereocenters. The van der Waals surface area contributed by atoms with Gasteiger partial charge < -0.3 is 9.79 Å². The van der Waals surface area contributed by atoms with Gasteiger partial charge in [-0.15, -0.1) is 22.9 Å². The monoisotopic (exact) mass is 272 g/mol. The molecule has 9 heteroatoms. The second kappa shape index (κ2) is 9.81. The van der Waals surface area contributed by atoms with Crippen molar-refractivity contribution in [2.45, 2.75) is 0 Å². The van der Waals surface area contributed by atoms with Crippen molar-refractivity contribution in [3.63, 3.8) is 0 Å². The zero-order valence-electron chi connectivity index (χ0n) is 8.64. The third-order valence-corrected chi connectivity index (χ3v) is 1.93. The molecule has 16 heavy (non-hydrogen) atoms. The molecule has 0 amide bonds. The summed E-state index contributed by atoms with van der Waals surface area (Å²) in [6, 6.07) is 0. The molecule has 0 spiro atoms. The molecule has 0 aliphatic rings. The van der Waals surface area contributed by atoms with Gasteiger partial charge in [0.1, 0.15) is 6.29 Å². The van der Waals surface area contributed by atoms with Crippen LogP contribution in [0.1, 0.15) is 0 Å². The molecule has 0 aliphatic heterocycles. The molecule has 0 bridgehead atoms. The van der Waals surface area contributed by atoms with Gasteiger partial charge in [0.2, 0.25) is 0 Å². The van der Waals surface area contributed by atoms with E-state index in [9.17, 15) is 4.57 Å². The van der Waals surface area contributed by atoms with Crippen LogP contribution in [0.3, 0.4) is 0 Å². The highest BCUT2D eigenvalue weighted by molar-refractivity contribution is 7.51. The van der Waals surface area contributed by atoms with Gasteiger partial charge in [-0.1, -0.05) is 12.2 Å². The zero-order valence-corrected chi connectivity index (χ0v) is 10.4. The van der Waals surface area contributed by atoms with Crippen LogP contribution in [0.2, 0.25) is 0 Å². The van der Waals surface area contributed by atoms with E-state index < -0.39 is 15.9 Å². The summed E-state index contributed by atoms with van der Waals surface area (Å²) in [5.41, 5.74) is 0. The van der Waals surface area contributed by atoms with Gasteiger partial charge in [-0.05, 0) is 0 Å². The second-order valence-electron chi connectivity index (χ2n) is 2.67. The lowest BCUT2D eigenvalue weighted by atomic mass is 10.5. The van der Waals surface area contributed by atoms with Crippen LogP contribution in [0, 0.1) is 0 Å². The van der Waals surface area contributed by atoms with Crippen LogP contribution in [-0.2, 0) is 9.13 Å². The Morgan fingerprint density at radius 1 is 1.19 bits per heavy atom. The maximum Gasteiger partial charge on any atom is 0.692 e. The molecular weight excluding hydrogens is 256 g/mol. The minimum atomic E-state index is -3.95. The Morgan fingerprint density at radius 3 is 1.69 bits per heavy atom. The molecule has 0 unspecified atom stereocenters. The summed E-state index contributed by atoms with van der Waals surface area (Å²) in [5.74, 6) is 0. The second-order valence-corrected chi connectivity index (χ2v) is 4.79. The van der Waals surface area contributed by atoms with Crippen LogP contribution in [0.25, 0.3) is 0 Å². The summed E-state index contributed by atoms with van der Waals surface area (Å²) in [6.07, 6.45) is 2.95. The van der Waals surface area contributed by atoms with E-state index in [4.69, 9.17) is 24.1 Å². The van der Waals surface area contributed by atoms with E-state index in [2.05, 4.69) is 13.2 Å². The number of nitrogens with zero attached hydrogens (tertiary/aromatic N) is 1. The summed E-state index contributed by atoms with van der Waals surface area (Å²) < 4.78 is 19.3. The van der Waals surface area contributed by atoms with Gasteiger partial charge in [-0.3, -0.25) is 9.46 Å². The van der Waals surface area contributed by atoms with Gasteiger partial charge >= 0.3 is 15.9 Å². The maximum absolute atomic E-state index is 10.6. The van der Waals surface area contributed by atoms with Gasteiger partial charge in [0, 0.05) is 17.7 Å². The van der Waals surface area contributed by atoms with Crippen molar-refractivity contribution >= 4 is 15.9 Å². The van der Waals surface area contributed by atoms with Crippen LogP contribution >= 0.6 is 15.9 Å². The molecule has 0 aromatic heterocycles. The summed E-state index contributed by atoms with van der Waals surface area (Å²) in [7, 11) is -6.82. The van der Waals surface area contributed by atoms with Gasteiger partial charge in [-0.2, -0.15) is 0 Å². The van der Waals surface area contributed by atoms with Crippen molar-refractivity contribution in [1.29, 1.82) is 0 Å². The summed E-state index contributed by atoms with van der Waals surface area (Å²) >= 11 is 0. The molecule has 0 aromatic carbocycles. The first-order valence-corrected chi connectivity index (χ1v) is 7.03. The fraction of sp³-hybridized carbons (Fsp3) is 0.429. The number of rotatable bonds is 6. The Hall–Kier alpha value is -0.390. The quantitative estimate of drug-likeness (QED) is 0.409. The average molecular weight is 272 g/mol. The third kappa shape index (κ3) is 19.2. The summed E-state index contributed by atoms with van der Waals surface area (Å²) in [4.78, 5) is 33.1. The predicted octanol–water partition coefficient (Wildman–Crippen LogP) is 0.424. The predicted molar refractivity (Wildman–Crippen MR) is 60.9 cm³/mol. The van der Waals surface area contributed by atoms with E-state index in [0.717, 1.165) is 0 Å². The fourth-order valence-corrected chi connectivity index (χ4v) is 1.57. The smallest absolute Gasteiger partial charge is 0.324 e. The van der Waals surface area contributed by atoms with Crippen molar-refractivity contribution in [2.24, 2.45) is 0 Å². The van der Waals surface area contributed by atoms with E-state index in [0.29, 0.717) is 13.1 Å². The first-order valence-electron chi connectivity index (χ1n) is 4.06. The number of hydrogen-bond acceptors (Lipinski definition) is 3. The lowest BCUT2D eigenvalue weighted by molar-refractivity contribution is 0.313. The molecule has 0 radical (unpaired) electrons. The van der Waals surface area contributed by atoms with E-state index >= 15 is 0 Å². The van der Waals surface area contributed by atoms with Gasteiger partial charge in [0.05, 0.1) is 0 Å². The molecule has 0 fully saturated rings. The highest BCUT2D eigenvalue weighted by Gasteiger charge is 2.16. The molecule has 4 N–H and O–H groups in total. The van der Waals surface area contributed by atoms with Crippen molar-refractivity contribution in [3.8, 4) is 0 Å². The molecule has 0 saturated carbocycles. The van der Waals surface area contributed by atoms with Crippen LogP contribution in [0.5, 0.6) is 0 Å². The Balaban J connectivity index is 0. The molecule has 0 aromatic rings. The van der Waals surface area contributed by atoms with Gasteiger partial charge in [-0.25, -0.2) is 0 Å². The summed E-state index contributed by atoms with van der Waals surface area (Å²) in [6.45, 7) is 7.88. The Kier molecular flexibility index (Phi) is 11.0. The molecular formula is C7H16NO6P2+. The SMILES string of the molecule is C=CCN(CC=C)CP(=O)(O)O.O=[P+](O)O. The zero-order chi connectivity index (χ0) is 13.2. The Morgan fingerprint density at radius 2 is 1.50 bits per heavy atom. The molecule has 0 heterocycles. The first kappa shape index (κ1) is 18.0.